The van der Waals surface area contributed by atoms with Gasteiger partial charge in [0.25, 0.3) is 10.0 Å². The Labute approximate surface area is 130 Å². The molecule has 0 atom stereocenters. The third-order valence-electron chi connectivity index (χ3n) is 2.44. The van der Waals surface area contributed by atoms with Gasteiger partial charge in [0, 0.05) is 0 Å². The van der Waals surface area contributed by atoms with Crippen molar-refractivity contribution in [1.82, 2.24) is 0 Å². The summed E-state index contributed by atoms with van der Waals surface area (Å²) in [5, 5.41) is 9.04. The number of thiophene rings is 1. The van der Waals surface area contributed by atoms with Crippen molar-refractivity contribution in [1.29, 1.82) is 5.26 Å². The SMILES string of the molecule is Cc1cc(S(=O)(=O)Nc2cc(C#N)ccc2Cl)sc1Cl. The molecule has 0 fully saturated rings. The first kappa shape index (κ1) is 15.1. The van der Waals surface area contributed by atoms with E-state index in [0.29, 0.717) is 15.5 Å². The molecule has 2 aromatic rings. The zero-order valence-corrected chi connectivity index (χ0v) is 13.3. The van der Waals surface area contributed by atoms with Crippen LogP contribution >= 0.6 is 34.5 Å². The number of rotatable bonds is 3. The lowest BCUT2D eigenvalue weighted by atomic mass is 10.2. The van der Waals surface area contributed by atoms with Crippen molar-refractivity contribution in [2.75, 3.05) is 4.72 Å². The average molecular weight is 347 g/mol. The third-order valence-corrected chi connectivity index (χ3v) is 6.16. The highest BCUT2D eigenvalue weighted by molar-refractivity contribution is 7.94. The van der Waals surface area contributed by atoms with Gasteiger partial charge in [0.2, 0.25) is 0 Å². The molecule has 0 aliphatic carbocycles. The van der Waals surface area contributed by atoms with Crippen molar-refractivity contribution >= 4 is 50.2 Å². The Morgan fingerprint density at radius 3 is 2.55 bits per heavy atom. The molecule has 2 rings (SSSR count). The fraction of sp³-hybridized carbons (Fsp3) is 0.0833. The van der Waals surface area contributed by atoms with Gasteiger partial charge in [0.05, 0.1) is 26.7 Å². The Hall–Kier alpha value is -1.26. The maximum atomic E-state index is 12.2. The summed E-state index contributed by atoms with van der Waals surface area (Å²) < 4.78 is 27.3. The number of nitriles is 1. The van der Waals surface area contributed by atoms with Crippen molar-refractivity contribution in [3.05, 3.63) is 44.8 Å². The van der Waals surface area contributed by atoms with E-state index in [1.54, 1.807) is 6.92 Å². The van der Waals surface area contributed by atoms with Crippen molar-refractivity contribution in [2.45, 2.75) is 11.1 Å². The summed E-state index contributed by atoms with van der Waals surface area (Å²) in [6, 6.07) is 7.75. The monoisotopic (exact) mass is 346 g/mol. The number of nitrogens with one attached hydrogen (secondary N) is 1. The maximum Gasteiger partial charge on any atom is 0.271 e. The zero-order valence-electron chi connectivity index (χ0n) is 10.1. The van der Waals surface area contributed by atoms with E-state index in [9.17, 15) is 8.42 Å². The Morgan fingerprint density at radius 1 is 1.30 bits per heavy atom. The van der Waals surface area contributed by atoms with Gasteiger partial charge in [-0.05, 0) is 36.8 Å². The molecule has 0 aliphatic heterocycles. The maximum absolute atomic E-state index is 12.2. The summed E-state index contributed by atoms with van der Waals surface area (Å²) in [5.74, 6) is 0. The lowest BCUT2D eigenvalue weighted by Gasteiger charge is -2.08. The molecule has 4 nitrogen and oxygen atoms in total. The van der Waals surface area contributed by atoms with E-state index in [0.717, 1.165) is 11.3 Å². The minimum absolute atomic E-state index is 0.0958. The molecular weight excluding hydrogens is 339 g/mol. The van der Waals surface area contributed by atoms with Crippen molar-refractivity contribution in [3.8, 4) is 6.07 Å². The van der Waals surface area contributed by atoms with Crippen molar-refractivity contribution in [2.24, 2.45) is 0 Å². The first-order valence-electron chi connectivity index (χ1n) is 5.32. The van der Waals surface area contributed by atoms with Gasteiger partial charge < -0.3 is 0 Å². The highest BCUT2D eigenvalue weighted by Crippen LogP contribution is 2.32. The largest absolute Gasteiger partial charge is 0.277 e. The second-order valence-corrected chi connectivity index (χ2v) is 7.90. The van der Waals surface area contributed by atoms with E-state index in [1.165, 1.54) is 24.3 Å². The van der Waals surface area contributed by atoms with Gasteiger partial charge in [0.15, 0.2) is 0 Å². The number of sulfonamides is 1. The Bertz CT molecular complexity index is 788. The van der Waals surface area contributed by atoms with Crippen LogP contribution in [0.15, 0.2) is 28.5 Å². The molecule has 1 aromatic carbocycles. The number of hydrogen-bond acceptors (Lipinski definition) is 4. The van der Waals surface area contributed by atoms with E-state index in [1.807, 2.05) is 6.07 Å². The third kappa shape index (κ3) is 3.07. The molecule has 1 aromatic heterocycles. The topological polar surface area (TPSA) is 70.0 Å². The fourth-order valence-electron chi connectivity index (χ4n) is 1.43. The fourth-order valence-corrected chi connectivity index (χ4v) is 4.43. The molecule has 0 unspecified atom stereocenters. The predicted molar refractivity (Wildman–Crippen MR) is 81.0 cm³/mol. The van der Waals surface area contributed by atoms with Gasteiger partial charge in [0.1, 0.15) is 4.21 Å². The van der Waals surface area contributed by atoms with Crippen LogP contribution in [0.1, 0.15) is 11.1 Å². The normalized spacial score (nSPS) is 11.1. The minimum Gasteiger partial charge on any atom is -0.277 e. The molecule has 0 saturated heterocycles. The number of aryl methyl sites for hydroxylation is 1. The highest BCUT2D eigenvalue weighted by atomic mass is 35.5. The van der Waals surface area contributed by atoms with Crippen LogP contribution < -0.4 is 4.72 Å². The van der Waals surface area contributed by atoms with Crippen molar-refractivity contribution in [3.63, 3.8) is 0 Å². The lowest BCUT2D eigenvalue weighted by Crippen LogP contribution is -2.12. The summed E-state index contributed by atoms with van der Waals surface area (Å²) in [6.07, 6.45) is 0. The van der Waals surface area contributed by atoms with Gasteiger partial charge in [-0.25, -0.2) is 8.42 Å². The molecule has 0 spiro atoms. The van der Waals surface area contributed by atoms with Crippen LogP contribution in [0.4, 0.5) is 5.69 Å². The number of hydrogen-bond donors (Lipinski definition) is 1. The predicted octanol–water partition coefficient (Wildman–Crippen LogP) is 4.04. The van der Waals surface area contributed by atoms with Gasteiger partial charge in [-0.2, -0.15) is 5.26 Å². The summed E-state index contributed by atoms with van der Waals surface area (Å²) in [6.45, 7) is 1.72. The lowest BCUT2D eigenvalue weighted by molar-refractivity contribution is 0.603. The van der Waals surface area contributed by atoms with Crippen molar-refractivity contribution < 1.29 is 8.42 Å². The molecular formula is C12H8Cl2N2O2S2. The van der Waals surface area contributed by atoms with Gasteiger partial charge in [-0.1, -0.05) is 23.2 Å². The first-order chi connectivity index (χ1) is 9.33. The van der Waals surface area contributed by atoms with Gasteiger partial charge in [-0.3, -0.25) is 4.72 Å². The quantitative estimate of drug-likeness (QED) is 0.911. The zero-order chi connectivity index (χ0) is 14.9. The Morgan fingerprint density at radius 2 is 2.00 bits per heavy atom. The molecule has 20 heavy (non-hydrogen) atoms. The molecule has 0 bridgehead atoms. The molecule has 0 radical (unpaired) electrons. The van der Waals surface area contributed by atoms with E-state index in [-0.39, 0.29) is 14.9 Å². The molecule has 1 N–H and O–H groups in total. The molecule has 0 amide bonds. The highest BCUT2D eigenvalue weighted by Gasteiger charge is 2.19. The van der Waals surface area contributed by atoms with Crippen LogP contribution in [-0.2, 0) is 10.0 Å². The molecule has 104 valence electrons. The molecule has 1 heterocycles. The number of anilines is 1. The summed E-state index contributed by atoms with van der Waals surface area (Å²) in [4.78, 5) is 0. The van der Waals surface area contributed by atoms with Crippen LogP contribution in [0, 0.1) is 18.3 Å². The number of benzene rings is 1. The Balaban J connectivity index is 2.41. The van der Waals surface area contributed by atoms with Crippen LogP contribution in [0.25, 0.3) is 0 Å². The number of nitrogens with zero attached hydrogens (tertiary/aromatic N) is 1. The van der Waals surface area contributed by atoms with Crippen LogP contribution in [0.5, 0.6) is 0 Å². The summed E-state index contributed by atoms with van der Waals surface area (Å²) >= 11 is 12.8. The number of halogens is 2. The average Bonchev–Trinajstić information content (AvgIpc) is 2.73. The minimum atomic E-state index is -3.77. The second kappa shape index (κ2) is 5.62. The smallest absolute Gasteiger partial charge is 0.271 e. The van der Waals surface area contributed by atoms with Crippen LogP contribution in [0.2, 0.25) is 9.36 Å². The van der Waals surface area contributed by atoms with Crippen LogP contribution in [-0.4, -0.2) is 8.42 Å². The molecule has 0 saturated carbocycles. The van der Waals surface area contributed by atoms with E-state index < -0.39 is 10.0 Å². The summed E-state index contributed by atoms with van der Waals surface area (Å²) in [5.41, 5.74) is 1.16. The molecule has 8 heteroatoms. The first-order valence-corrected chi connectivity index (χ1v) is 8.37. The van der Waals surface area contributed by atoms with E-state index >= 15 is 0 Å². The Kier molecular flexibility index (Phi) is 4.25. The molecule has 0 aliphatic rings. The van der Waals surface area contributed by atoms with E-state index in [4.69, 9.17) is 28.5 Å². The second-order valence-electron chi connectivity index (χ2n) is 3.93. The summed E-state index contributed by atoms with van der Waals surface area (Å²) in [7, 11) is -3.77. The van der Waals surface area contributed by atoms with Gasteiger partial charge >= 0.3 is 0 Å². The van der Waals surface area contributed by atoms with Crippen LogP contribution in [0.3, 0.4) is 0 Å². The van der Waals surface area contributed by atoms with E-state index in [2.05, 4.69) is 4.72 Å². The standard InChI is InChI=1S/C12H8Cl2N2O2S2/c1-7-4-11(19-12(7)14)20(17,18)16-10-5-8(6-15)2-3-9(10)13/h2-5,16H,1H3. The van der Waals surface area contributed by atoms with Gasteiger partial charge in [-0.15, -0.1) is 11.3 Å².